The number of benzene rings is 2. The maximum absolute atomic E-state index is 6.09. The molecule has 0 amide bonds. The summed E-state index contributed by atoms with van der Waals surface area (Å²) in [7, 11) is 0. The van der Waals surface area contributed by atoms with Gasteiger partial charge in [-0.3, -0.25) is 0 Å². The van der Waals surface area contributed by atoms with Crippen LogP contribution in [0.1, 0.15) is 5.56 Å². The normalized spacial score (nSPS) is 10.7. The molecule has 0 aliphatic heterocycles. The van der Waals surface area contributed by atoms with E-state index >= 15 is 0 Å². The predicted octanol–water partition coefficient (Wildman–Crippen LogP) is 3.88. The first-order chi connectivity index (χ1) is 9.75. The predicted molar refractivity (Wildman–Crippen MR) is 83.8 cm³/mol. The van der Waals surface area contributed by atoms with E-state index in [0.717, 1.165) is 22.2 Å². The summed E-state index contributed by atoms with van der Waals surface area (Å²) in [5, 5.41) is 4.64. The molecule has 1 radical (unpaired) electrons. The van der Waals surface area contributed by atoms with E-state index in [0.29, 0.717) is 17.4 Å². The van der Waals surface area contributed by atoms with Crippen molar-refractivity contribution in [2.24, 2.45) is 0 Å². The molecule has 1 aromatic heterocycles. The number of hydrogen-bond acceptors (Lipinski definition) is 3. The first-order valence-electron chi connectivity index (χ1n) is 6.28. The molecule has 0 bridgehead atoms. The Labute approximate surface area is 122 Å². The third kappa shape index (κ3) is 2.40. The molecule has 0 spiro atoms. The van der Waals surface area contributed by atoms with Gasteiger partial charge in [0, 0.05) is 11.9 Å². The Bertz CT molecular complexity index is 741. The van der Waals surface area contributed by atoms with Gasteiger partial charge in [0.05, 0.1) is 16.9 Å². The van der Waals surface area contributed by atoms with Gasteiger partial charge in [0.25, 0.3) is 0 Å². The highest BCUT2D eigenvalue weighted by Gasteiger charge is 2.10. The number of halogens is 1. The smallest absolute Gasteiger partial charge is 0.154 e. The van der Waals surface area contributed by atoms with Crippen LogP contribution in [-0.4, -0.2) is 4.98 Å². The van der Waals surface area contributed by atoms with E-state index in [1.807, 2.05) is 48.5 Å². The highest BCUT2D eigenvalue weighted by molar-refractivity contribution is 6.33. The van der Waals surface area contributed by atoms with Gasteiger partial charge in [-0.1, -0.05) is 48.0 Å². The molecule has 0 unspecified atom stereocenters. The largest absolute Gasteiger partial charge is 0.395 e. The third-order valence-electron chi connectivity index (χ3n) is 3.12. The molecule has 99 valence electrons. The number of aromatic nitrogens is 1. The first kappa shape index (κ1) is 12.8. The third-order valence-corrected chi connectivity index (χ3v) is 3.41. The number of pyridine rings is 1. The maximum atomic E-state index is 6.09. The van der Waals surface area contributed by atoms with Gasteiger partial charge in [-0.15, -0.1) is 0 Å². The van der Waals surface area contributed by atoms with Crippen LogP contribution < -0.4 is 11.1 Å². The molecule has 3 rings (SSSR count). The molecule has 3 aromatic rings. The van der Waals surface area contributed by atoms with E-state index in [9.17, 15) is 0 Å². The van der Waals surface area contributed by atoms with Crippen molar-refractivity contribution in [1.29, 1.82) is 0 Å². The molecule has 0 atom stereocenters. The standard InChI is InChI=1S/C16H13ClN3/c17-16-14(18)15(12-8-4-5-9-13(12)20-16)19-10-11-6-2-1-3-7-11/h1-2,4-9H,10,18H2,(H,19,20). The SMILES string of the molecule is Nc1c(Cl)nc2ccccc2c1NCc1c[c]ccc1. The van der Waals surface area contributed by atoms with Crippen LogP contribution in [0.15, 0.2) is 48.5 Å². The fourth-order valence-corrected chi connectivity index (χ4v) is 2.30. The number of nitrogens with one attached hydrogen (secondary N) is 1. The van der Waals surface area contributed by atoms with Gasteiger partial charge in [-0.2, -0.15) is 0 Å². The number of hydrogen-bond donors (Lipinski definition) is 2. The Morgan fingerprint density at radius 2 is 2.05 bits per heavy atom. The molecular weight excluding hydrogens is 270 g/mol. The van der Waals surface area contributed by atoms with E-state index in [4.69, 9.17) is 17.3 Å². The minimum atomic E-state index is 0.325. The lowest BCUT2D eigenvalue weighted by Crippen LogP contribution is -2.04. The molecule has 2 aromatic carbocycles. The van der Waals surface area contributed by atoms with Crippen molar-refractivity contribution in [1.82, 2.24) is 4.98 Å². The Balaban J connectivity index is 2.00. The van der Waals surface area contributed by atoms with E-state index < -0.39 is 0 Å². The molecule has 0 aliphatic rings. The summed E-state index contributed by atoms with van der Waals surface area (Å²) in [6.07, 6.45) is 0. The van der Waals surface area contributed by atoms with Crippen LogP contribution in [0.25, 0.3) is 10.9 Å². The van der Waals surface area contributed by atoms with Gasteiger partial charge < -0.3 is 11.1 Å². The summed E-state index contributed by atoms with van der Waals surface area (Å²) in [5.41, 5.74) is 9.30. The zero-order valence-electron chi connectivity index (χ0n) is 10.7. The van der Waals surface area contributed by atoms with Gasteiger partial charge >= 0.3 is 0 Å². The lowest BCUT2D eigenvalue weighted by atomic mass is 10.1. The monoisotopic (exact) mass is 282 g/mol. The van der Waals surface area contributed by atoms with Crippen LogP contribution >= 0.6 is 11.6 Å². The van der Waals surface area contributed by atoms with Gasteiger partial charge in [0.1, 0.15) is 0 Å². The van der Waals surface area contributed by atoms with Crippen molar-refractivity contribution < 1.29 is 0 Å². The second kappa shape index (κ2) is 5.39. The number of rotatable bonds is 3. The second-order valence-electron chi connectivity index (χ2n) is 4.47. The van der Waals surface area contributed by atoms with E-state index in [2.05, 4.69) is 16.4 Å². The zero-order chi connectivity index (χ0) is 13.9. The Morgan fingerprint density at radius 3 is 2.85 bits per heavy atom. The number of fused-ring (bicyclic) bond motifs is 1. The van der Waals surface area contributed by atoms with Gasteiger partial charge in [-0.25, -0.2) is 4.98 Å². The van der Waals surface area contributed by atoms with Gasteiger partial charge in [-0.05, 0) is 23.8 Å². The highest BCUT2D eigenvalue weighted by atomic mass is 35.5. The van der Waals surface area contributed by atoms with E-state index in [1.54, 1.807) is 0 Å². The zero-order valence-corrected chi connectivity index (χ0v) is 11.5. The van der Waals surface area contributed by atoms with Crippen molar-refractivity contribution in [3.63, 3.8) is 0 Å². The maximum Gasteiger partial charge on any atom is 0.154 e. The number of anilines is 2. The molecule has 3 nitrogen and oxygen atoms in total. The van der Waals surface area contributed by atoms with Crippen molar-refractivity contribution in [2.45, 2.75) is 6.54 Å². The van der Waals surface area contributed by atoms with Crippen LogP contribution in [0.5, 0.6) is 0 Å². The molecule has 4 heteroatoms. The minimum absolute atomic E-state index is 0.325. The fourth-order valence-electron chi connectivity index (χ4n) is 2.12. The van der Waals surface area contributed by atoms with Crippen molar-refractivity contribution in [3.8, 4) is 0 Å². The summed E-state index contributed by atoms with van der Waals surface area (Å²) in [4.78, 5) is 4.29. The van der Waals surface area contributed by atoms with Crippen molar-refractivity contribution >= 4 is 33.9 Å². The Kier molecular flexibility index (Phi) is 3.44. The van der Waals surface area contributed by atoms with Gasteiger partial charge in [0.2, 0.25) is 0 Å². The number of para-hydroxylation sites is 1. The summed E-state index contributed by atoms with van der Waals surface area (Å²) in [5.74, 6) is 0. The summed E-state index contributed by atoms with van der Waals surface area (Å²) in [6.45, 7) is 0.659. The Morgan fingerprint density at radius 1 is 1.20 bits per heavy atom. The molecule has 1 heterocycles. The molecule has 20 heavy (non-hydrogen) atoms. The van der Waals surface area contributed by atoms with E-state index in [-0.39, 0.29) is 0 Å². The molecule has 0 aliphatic carbocycles. The molecule has 3 N–H and O–H groups in total. The molecule has 0 saturated heterocycles. The molecular formula is C16H13ClN3. The highest BCUT2D eigenvalue weighted by Crippen LogP contribution is 2.33. The average Bonchev–Trinajstić information content (AvgIpc) is 2.49. The number of nitrogens with two attached hydrogens (primary N) is 1. The number of nitrogens with zero attached hydrogens (tertiary/aromatic N) is 1. The summed E-state index contributed by atoms with van der Waals surface area (Å²) >= 11 is 6.09. The van der Waals surface area contributed by atoms with Crippen molar-refractivity contribution in [3.05, 3.63) is 65.3 Å². The van der Waals surface area contributed by atoms with E-state index in [1.165, 1.54) is 0 Å². The Hall–Kier alpha value is -2.26. The number of nitrogen functional groups attached to an aromatic ring is 1. The average molecular weight is 283 g/mol. The lowest BCUT2D eigenvalue weighted by molar-refractivity contribution is 1.15. The quantitative estimate of drug-likeness (QED) is 0.717. The molecule has 0 fully saturated rings. The second-order valence-corrected chi connectivity index (χ2v) is 4.83. The summed E-state index contributed by atoms with van der Waals surface area (Å²) in [6, 6.07) is 18.6. The van der Waals surface area contributed by atoms with Crippen LogP contribution in [0.2, 0.25) is 5.15 Å². The topological polar surface area (TPSA) is 50.9 Å². The molecule has 0 saturated carbocycles. The first-order valence-corrected chi connectivity index (χ1v) is 6.66. The summed E-state index contributed by atoms with van der Waals surface area (Å²) < 4.78 is 0. The van der Waals surface area contributed by atoms with Crippen LogP contribution in [0.3, 0.4) is 0 Å². The van der Waals surface area contributed by atoms with Crippen LogP contribution in [0, 0.1) is 6.07 Å². The van der Waals surface area contributed by atoms with Crippen molar-refractivity contribution in [2.75, 3.05) is 11.1 Å². The van der Waals surface area contributed by atoms with Gasteiger partial charge in [0.15, 0.2) is 5.15 Å². The van der Waals surface area contributed by atoms with Crippen LogP contribution in [0.4, 0.5) is 11.4 Å². The fraction of sp³-hybridized carbons (Fsp3) is 0.0625. The minimum Gasteiger partial charge on any atom is -0.395 e. The lowest BCUT2D eigenvalue weighted by Gasteiger charge is -2.13. The van der Waals surface area contributed by atoms with Crippen LogP contribution in [-0.2, 0) is 6.54 Å².